The van der Waals surface area contributed by atoms with E-state index in [-0.39, 0.29) is 44.2 Å². The minimum absolute atomic E-state index is 0.0664. The van der Waals surface area contributed by atoms with E-state index in [1.165, 1.54) is 0 Å². The number of nitrogens with zero attached hydrogens (tertiary/aromatic N) is 1. The van der Waals surface area contributed by atoms with Crippen LogP contribution in [0.25, 0.3) is 0 Å². The van der Waals surface area contributed by atoms with Crippen molar-refractivity contribution in [3.63, 3.8) is 0 Å². The first-order valence-corrected chi connectivity index (χ1v) is 8.52. The van der Waals surface area contributed by atoms with Crippen LogP contribution in [0.1, 0.15) is 18.5 Å². The molecule has 0 spiro atoms. The molecule has 0 saturated carbocycles. The van der Waals surface area contributed by atoms with Crippen molar-refractivity contribution in [1.29, 1.82) is 0 Å². The maximum absolute atomic E-state index is 15.0. The van der Waals surface area contributed by atoms with Gasteiger partial charge in [-0.15, -0.1) is 0 Å². The number of aliphatic hydroxyl groups excluding tert-OH is 1. The summed E-state index contributed by atoms with van der Waals surface area (Å²) in [4.78, 5) is 3.84. The smallest absolute Gasteiger partial charge is 0.475 e. The first kappa shape index (κ1) is 19.7. The molecule has 25 heavy (non-hydrogen) atoms. The maximum atomic E-state index is 15.0. The van der Waals surface area contributed by atoms with Crippen LogP contribution in [0, 0.1) is 0 Å². The van der Waals surface area contributed by atoms with Crippen LogP contribution in [0.3, 0.4) is 0 Å². The molecule has 7 nitrogen and oxygen atoms in total. The third-order valence-corrected chi connectivity index (χ3v) is 4.33. The van der Waals surface area contributed by atoms with Crippen molar-refractivity contribution in [2.24, 2.45) is 0 Å². The quantitative estimate of drug-likeness (QED) is 0.449. The maximum Gasteiger partial charge on any atom is 0.534 e. The van der Waals surface area contributed by atoms with E-state index in [2.05, 4.69) is 9.17 Å². The molecular formula is C13H15F4NO6S. The van der Waals surface area contributed by atoms with Gasteiger partial charge in [0, 0.05) is 25.0 Å². The van der Waals surface area contributed by atoms with Gasteiger partial charge in [-0.1, -0.05) is 0 Å². The third kappa shape index (κ3) is 4.70. The summed E-state index contributed by atoms with van der Waals surface area (Å²) in [7, 11) is -5.94. The molecule has 0 bridgehead atoms. The number of halogens is 4. The molecule has 0 aliphatic carbocycles. The van der Waals surface area contributed by atoms with Crippen molar-refractivity contribution in [3.05, 3.63) is 17.8 Å². The van der Waals surface area contributed by atoms with Gasteiger partial charge in [0.1, 0.15) is 12.4 Å². The highest BCUT2D eigenvalue weighted by atomic mass is 32.2. The molecule has 1 aliphatic rings. The van der Waals surface area contributed by atoms with Gasteiger partial charge in [0.05, 0.1) is 25.5 Å². The highest BCUT2D eigenvalue weighted by Gasteiger charge is 2.49. The molecule has 1 saturated heterocycles. The van der Waals surface area contributed by atoms with Crippen molar-refractivity contribution in [2.45, 2.75) is 24.0 Å². The number of pyridine rings is 1. The number of ether oxygens (including phenoxy) is 2. The van der Waals surface area contributed by atoms with Crippen LogP contribution < -0.4 is 8.92 Å². The molecule has 1 N–H and O–H groups in total. The van der Waals surface area contributed by atoms with Crippen LogP contribution in [0.4, 0.5) is 17.6 Å². The lowest BCUT2D eigenvalue weighted by Gasteiger charge is -2.29. The second-order valence-corrected chi connectivity index (χ2v) is 6.70. The van der Waals surface area contributed by atoms with Gasteiger partial charge >= 0.3 is 15.6 Å². The fraction of sp³-hybridized carbons (Fsp3) is 0.615. The summed E-state index contributed by atoms with van der Waals surface area (Å²) in [6, 6.07) is 1.55. The summed E-state index contributed by atoms with van der Waals surface area (Å²) in [6.45, 7) is -0.574. The molecule has 1 fully saturated rings. The molecule has 0 amide bonds. The molecule has 12 heteroatoms. The van der Waals surface area contributed by atoms with Gasteiger partial charge in [0.2, 0.25) is 5.88 Å². The largest absolute Gasteiger partial charge is 0.534 e. The Bertz CT molecular complexity index is 703. The summed E-state index contributed by atoms with van der Waals surface area (Å²) in [5.41, 5.74) is -8.01. The van der Waals surface area contributed by atoms with Crippen LogP contribution in [0.15, 0.2) is 12.1 Å². The molecule has 2 heterocycles. The zero-order chi connectivity index (χ0) is 18.7. The first-order chi connectivity index (χ1) is 11.6. The SMILES string of the molecule is O=S(=O)(Oc1cc(OCCO)nc(C2(F)CCOCC2)c1)C(F)(F)F. The molecule has 142 valence electrons. The number of hydrogen-bond acceptors (Lipinski definition) is 7. The number of rotatable bonds is 6. The Labute approximate surface area is 140 Å². The molecule has 0 radical (unpaired) electrons. The first-order valence-electron chi connectivity index (χ1n) is 7.11. The van der Waals surface area contributed by atoms with Gasteiger partial charge in [0.15, 0.2) is 5.67 Å². The van der Waals surface area contributed by atoms with E-state index < -0.39 is 33.7 Å². The van der Waals surface area contributed by atoms with E-state index >= 15 is 0 Å². The minimum Gasteiger partial charge on any atom is -0.475 e. The Morgan fingerprint density at radius 3 is 2.48 bits per heavy atom. The lowest BCUT2D eigenvalue weighted by Crippen LogP contribution is -2.31. The zero-order valence-corrected chi connectivity index (χ0v) is 13.6. The summed E-state index contributed by atoms with van der Waals surface area (Å²) in [5, 5.41) is 8.74. The minimum atomic E-state index is -5.94. The van der Waals surface area contributed by atoms with Gasteiger partial charge in [0.25, 0.3) is 0 Å². The Kier molecular flexibility index (Phi) is 5.74. The summed E-state index contributed by atoms with van der Waals surface area (Å²) >= 11 is 0. The van der Waals surface area contributed by atoms with Gasteiger partial charge in [-0.3, -0.25) is 0 Å². The summed E-state index contributed by atoms with van der Waals surface area (Å²) in [6.07, 6.45) is -0.232. The summed E-state index contributed by atoms with van der Waals surface area (Å²) < 4.78 is 88.7. The van der Waals surface area contributed by atoms with Gasteiger partial charge < -0.3 is 18.8 Å². The van der Waals surface area contributed by atoms with E-state index in [0.717, 1.165) is 12.1 Å². The van der Waals surface area contributed by atoms with Crippen LogP contribution in [-0.4, -0.2) is 50.4 Å². The standard InChI is InChI=1S/C13H15F4NO6S/c14-12(1-4-22-5-2-12)10-7-9(8-11(18-10)23-6-3-19)24-25(20,21)13(15,16)17/h7-8,19H,1-6H2. The Morgan fingerprint density at radius 1 is 1.28 bits per heavy atom. The second-order valence-electron chi connectivity index (χ2n) is 5.16. The normalized spacial score (nSPS) is 18.0. The van der Waals surface area contributed by atoms with Crippen molar-refractivity contribution in [1.82, 2.24) is 4.98 Å². The molecule has 1 aromatic heterocycles. The van der Waals surface area contributed by atoms with Crippen molar-refractivity contribution < 1.29 is 44.7 Å². The van der Waals surface area contributed by atoms with E-state index in [1.54, 1.807) is 0 Å². The lowest BCUT2D eigenvalue weighted by molar-refractivity contribution is -0.0500. The van der Waals surface area contributed by atoms with E-state index in [0.29, 0.717) is 0 Å². The van der Waals surface area contributed by atoms with Gasteiger partial charge in [-0.05, 0) is 0 Å². The van der Waals surface area contributed by atoms with E-state index in [9.17, 15) is 26.0 Å². The highest BCUT2D eigenvalue weighted by Crippen LogP contribution is 2.38. The molecule has 0 atom stereocenters. The van der Waals surface area contributed by atoms with Crippen LogP contribution >= 0.6 is 0 Å². The zero-order valence-electron chi connectivity index (χ0n) is 12.8. The van der Waals surface area contributed by atoms with Crippen molar-refractivity contribution in [2.75, 3.05) is 26.4 Å². The molecule has 2 rings (SSSR count). The predicted octanol–water partition coefficient (Wildman–Crippen LogP) is 1.66. The highest BCUT2D eigenvalue weighted by molar-refractivity contribution is 7.88. The Morgan fingerprint density at radius 2 is 1.92 bits per heavy atom. The van der Waals surface area contributed by atoms with E-state index in [4.69, 9.17) is 14.6 Å². The molecular weight excluding hydrogens is 374 g/mol. The fourth-order valence-electron chi connectivity index (χ4n) is 2.11. The Hall–Kier alpha value is -1.66. The number of hydrogen-bond donors (Lipinski definition) is 1. The topological polar surface area (TPSA) is 95.0 Å². The second kappa shape index (κ2) is 7.30. The monoisotopic (exact) mass is 389 g/mol. The van der Waals surface area contributed by atoms with Crippen LogP contribution in [0.5, 0.6) is 11.6 Å². The molecule has 0 unspecified atom stereocenters. The molecule has 1 aromatic rings. The fourth-order valence-corrected chi connectivity index (χ4v) is 2.55. The van der Waals surface area contributed by atoms with Crippen molar-refractivity contribution >= 4 is 10.1 Å². The van der Waals surface area contributed by atoms with Gasteiger partial charge in [-0.2, -0.15) is 21.6 Å². The lowest BCUT2D eigenvalue weighted by atomic mass is 9.92. The number of aliphatic hydroxyl groups is 1. The van der Waals surface area contributed by atoms with E-state index in [1.807, 2.05) is 0 Å². The van der Waals surface area contributed by atoms with Crippen LogP contribution in [-0.2, 0) is 20.5 Å². The average Bonchev–Trinajstić information content (AvgIpc) is 2.52. The average molecular weight is 389 g/mol. The number of alkyl halides is 4. The number of aromatic nitrogens is 1. The molecule has 1 aliphatic heterocycles. The van der Waals surface area contributed by atoms with Gasteiger partial charge in [-0.25, -0.2) is 9.37 Å². The van der Waals surface area contributed by atoms with Crippen LogP contribution in [0.2, 0.25) is 0 Å². The van der Waals surface area contributed by atoms with Crippen molar-refractivity contribution in [3.8, 4) is 11.6 Å². The predicted molar refractivity (Wildman–Crippen MR) is 75.3 cm³/mol. The Balaban J connectivity index is 2.40. The molecule has 0 aromatic carbocycles. The summed E-state index contributed by atoms with van der Waals surface area (Å²) in [5.74, 6) is -1.17. The third-order valence-electron chi connectivity index (χ3n) is 3.35.